The number of aromatic nitrogens is 1. The molecule has 0 bridgehead atoms. The van der Waals surface area contributed by atoms with Gasteiger partial charge >= 0.3 is 0 Å². The van der Waals surface area contributed by atoms with Crippen molar-refractivity contribution in [3.63, 3.8) is 0 Å². The Bertz CT molecular complexity index is 2410. The van der Waals surface area contributed by atoms with Crippen LogP contribution in [-0.2, 0) is 0 Å². The van der Waals surface area contributed by atoms with Crippen LogP contribution in [0.4, 0.5) is 16.4 Å². The Labute approximate surface area is 315 Å². The van der Waals surface area contributed by atoms with Crippen LogP contribution in [0.15, 0.2) is 176 Å². The predicted molar refractivity (Wildman–Crippen MR) is 231 cm³/mol. The van der Waals surface area contributed by atoms with Crippen molar-refractivity contribution in [3.8, 4) is 27.9 Å². The molecule has 6 aromatic carbocycles. The van der Waals surface area contributed by atoms with Gasteiger partial charge in [0.15, 0.2) is 0 Å². The first-order valence-electron chi connectivity index (χ1n) is 16.4. The van der Waals surface area contributed by atoms with Crippen LogP contribution in [0.25, 0.3) is 55.1 Å². The first-order chi connectivity index (χ1) is 24.7. The molecule has 0 amide bonds. The Morgan fingerprint density at radius 3 is 1.82 bits per heavy atom. The highest BCUT2D eigenvalue weighted by molar-refractivity contribution is 14.2. The highest BCUT2D eigenvalue weighted by Gasteiger charge is 2.21. The van der Waals surface area contributed by atoms with Gasteiger partial charge in [-0.25, -0.2) is 0 Å². The molecular formula is C45H35IN2S2. The third kappa shape index (κ3) is 6.69. The van der Waals surface area contributed by atoms with Crippen molar-refractivity contribution in [1.29, 1.82) is 0 Å². The average molecular weight is 795 g/mol. The third-order valence-electron chi connectivity index (χ3n) is 8.95. The Balaban J connectivity index is 0.00000193. The fraction of sp³-hybridized carbons (Fsp3) is 0.0222. The number of allylic oxidation sites excluding steroid dienone is 2. The van der Waals surface area contributed by atoms with E-state index in [0.717, 1.165) is 22.1 Å². The van der Waals surface area contributed by atoms with Gasteiger partial charge in [-0.15, -0.1) is 21.1 Å². The van der Waals surface area contributed by atoms with Crippen LogP contribution < -0.4 is 4.90 Å². The van der Waals surface area contributed by atoms with Gasteiger partial charge in [-0.3, -0.25) is 0 Å². The molecule has 2 heterocycles. The fourth-order valence-corrected chi connectivity index (χ4v) is 7.71. The highest BCUT2D eigenvalue weighted by Crippen LogP contribution is 2.46. The van der Waals surface area contributed by atoms with Gasteiger partial charge in [0.25, 0.3) is 0 Å². The quantitative estimate of drug-likeness (QED) is 0.0915. The molecular weight excluding hydrogens is 760 g/mol. The predicted octanol–water partition coefficient (Wildman–Crippen LogP) is 14.4. The van der Waals surface area contributed by atoms with E-state index in [4.69, 9.17) is 0 Å². The molecule has 0 radical (unpaired) electrons. The van der Waals surface area contributed by atoms with Gasteiger partial charge < -0.3 is 9.47 Å². The monoisotopic (exact) mass is 794 g/mol. The van der Waals surface area contributed by atoms with Gasteiger partial charge in [-0.05, 0) is 110 Å². The summed E-state index contributed by atoms with van der Waals surface area (Å²) in [5.41, 5.74) is 13.0. The lowest BCUT2D eigenvalue weighted by atomic mass is 10.0. The van der Waals surface area contributed by atoms with Gasteiger partial charge in [0, 0.05) is 22.4 Å². The molecule has 50 heavy (non-hydrogen) atoms. The number of benzene rings is 6. The summed E-state index contributed by atoms with van der Waals surface area (Å²) in [5.74, 6) is 0. The van der Waals surface area contributed by atoms with Gasteiger partial charge in [0.2, 0.25) is 0 Å². The van der Waals surface area contributed by atoms with E-state index in [0.29, 0.717) is 0 Å². The maximum Gasteiger partial charge on any atom is 0.103 e. The molecule has 2 nitrogen and oxygen atoms in total. The number of nitrogens with zero attached hydrogens (tertiary/aromatic N) is 2. The molecule has 0 spiro atoms. The average Bonchev–Trinajstić information content (AvgIpc) is 3.74. The van der Waals surface area contributed by atoms with E-state index in [1.165, 1.54) is 54.5 Å². The first kappa shape index (κ1) is 33.7. The number of hydrogen-bond donors (Lipinski definition) is 1. The number of aryl methyl sites for hydroxylation is 1. The Morgan fingerprint density at radius 1 is 0.620 bits per heavy atom. The van der Waals surface area contributed by atoms with Crippen molar-refractivity contribution < 1.29 is 0 Å². The van der Waals surface area contributed by atoms with Crippen molar-refractivity contribution in [2.24, 2.45) is 0 Å². The van der Waals surface area contributed by atoms with Gasteiger partial charge in [-0.2, -0.15) is 0 Å². The number of halogens is 1. The van der Waals surface area contributed by atoms with Crippen molar-refractivity contribution in [2.75, 3.05) is 4.90 Å². The SMILES string of the molecule is C=C/C=C\c1cc(N(c2ccc(-c3ccccc3)cc2)c2cc3c(s2)c2ccccc2n3-c2ccc(-c3ccccc3)cc2)ccc1C.SI. The smallest absolute Gasteiger partial charge is 0.103 e. The zero-order valence-corrected chi connectivity index (χ0v) is 31.4. The molecule has 0 N–H and O–H groups in total. The number of hydrogen-bond acceptors (Lipinski definition) is 3. The molecule has 0 atom stereocenters. The van der Waals surface area contributed by atoms with E-state index in [-0.39, 0.29) is 0 Å². The van der Waals surface area contributed by atoms with Crippen molar-refractivity contribution in [2.45, 2.75) is 6.92 Å². The van der Waals surface area contributed by atoms with Crippen LogP contribution in [0.1, 0.15) is 11.1 Å². The molecule has 8 aromatic rings. The minimum Gasteiger partial charge on any atom is -0.308 e. The number of anilines is 3. The van der Waals surface area contributed by atoms with Crippen LogP contribution in [-0.4, -0.2) is 4.57 Å². The summed E-state index contributed by atoms with van der Waals surface area (Å²) in [5, 5.41) is 2.42. The summed E-state index contributed by atoms with van der Waals surface area (Å²) < 4.78 is 3.68. The van der Waals surface area contributed by atoms with Gasteiger partial charge in [-0.1, -0.05) is 134 Å². The molecule has 2 aromatic heterocycles. The molecule has 0 aliphatic heterocycles. The van der Waals surface area contributed by atoms with Crippen LogP contribution >= 0.6 is 42.3 Å². The Hall–Kier alpha value is -4.82. The summed E-state index contributed by atoms with van der Waals surface area (Å²) in [6.07, 6.45) is 5.96. The minimum absolute atomic E-state index is 1.11. The summed E-state index contributed by atoms with van der Waals surface area (Å²) in [6.45, 7) is 6.05. The van der Waals surface area contributed by atoms with Gasteiger partial charge in [0.1, 0.15) is 5.00 Å². The maximum absolute atomic E-state index is 3.89. The van der Waals surface area contributed by atoms with E-state index in [9.17, 15) is 0 Å². The minimum atomic E-state index is 1.11. The number of thiophene rings is 1. The molecule has 0 fully saturated rings. The summed E-state index contributed by atoms with van der Waals surface area (Å²) in [4.78, 5) is 2.39. The largest absolute Gasteiger partial charge is 0.308 e. The maximum atomic E-state index is 3.89. The Morgan fingerprint density at radius 2 is 1.18 bits per heavy atom. The van der Waals surface area contributed by atoms with Crippen molar-refractivity contribution in [3.05, 3.63) is 188 Å². The molecule has 8 rings (SSSR count). The van der Waals surface area contributed by atoms with Crippen molar-refractivity contribution in [1.82, 2.24) is 4.57 Å². The lowest BCUT2D eigenvalue weighted by Crippen LogP contribution is -2.09. The zero-order valence-electron chi connectivity index (χ0n) is 27.6. The number of rotatable bonds is 8. The second kappa shape index (κ2) is 15.4. The van der Waals surface area contributed by atoms with E-state index in [2.05, 4.69) is 197 Å². The number of para-hydroxylation sites is 1. The van der Waals surface area contributed by atoms with Crippen molar-refractivity contribution >= 4 is 85.9 Å². The molecule has 0 saturated heterocycles. The van der Waals surface area contributed by atoms with E-state index < -0.39 is 0 Å². The fourth-order valence-electron chi connectivity index (χ4n) is 6.50. The molecule has 0 saturated carbocycles. The first-order valence-corrected chi connectivity index (χ1v) is 20.4. The van der Waals surface area contributed by atoms with Crippen LogP contribution in [0, 0.1) is 6.92 Å². The van der Waals surface area contributed by atoms with Crippen LogP contribution in [0.2, 0.25) is 0 Å². The van der Waals surface area contributed by atoms with Crippen LogP contribution in [0.3, 0.4) is 0 Å². The molecule has 0 unspecified atom stereocenters. The Kier molecular flexibility index (Phi) is 10.4. The van der Waals surface area contributed by atoms with E-state index in [1.807, 2.05) is 44.7 Å². The molecule has 0 aliphatic carbocycles. The lowest BCUT2D eigenvalue weighted by Gasteiger charge is -2.25. The highest BCUT2D eigenvalue weighted by atomic mass is 127. The summed E-state index contributed by atoms with van der Waals surface area (Å²) in [6, 6.07) is 56.8. The summed E-state index contributed by atoms with van der Waals surface area (Å²) in [7, 11) is 3.50. The zero-order chi connectivity index (χ0) is 34.5. The second-order valence-electron chi connectivity index (χ2n) is 11.9. The summed E-state index contributed by atoms with van der Waals surface area (Å²) >= 11 is 3.68. The molecule has 5 heteroatoms. The second-order valence-corrected chi connectivity index (χ2v) is 13.0. The standard InChI is InChI=1S/C45H34N2S.HIS/c1-3-4-13-37-30-40(25-20-32(37)2)46(38-26-21-35(22-27-38)33-14-7-5-8-15-33)44-31-43-45(48-44)41-18-11-12-19-42(41)47(43)39-28-23-36(24-29-39)34-16-9-6-10-17-34;1-2/h3-31H,1H2,2H3;2H/b13-4-;. The van der Waals surface area contributed by atoms with Crippen LogP contribution in [0.5, 0.6) is 0 Å². The normalized spacial score (nSPS) is 11.1. The molecule has 0 aliphatic rings. The topological polar surface area (TPSA) is 8.17 Å². The molecule has 244 valence electrons. The third-order valence-corrected chi connectivity index (χ3v) is 10.1. The number of fused-ring (bicyclic) bond motifs is 3. The van der Waals surface area contributed by atoms with E-state index >= 15 is 0 Å². The van der Waals surface area contributed by atoms with E-state index in [1.54, 1.807) is 0 Å². The number of thiol groups is 1. The lowest BCUT2D eigenvalue weighted by molar-refractivity contribution is 1.18. The van der Waals surface area contributed by atoms with Gasteiger partial charge in [0.05, 0.1) is 15.7 Å².